The lowest BCUT2D eigenvalue weighted by atomic mass is 9.91. The van der Waals surface area contributed by atoms with Crippen molar-refractivity contribution in [3.8, 4) is 5.75 Å². The van der Waals surface area contributed by atoms with Gasteiger partial charge in [-0.2, -0.15) is 5.10 Å². The molecule has 0 saturated carbocycles. The van der Waals surface area contributed by atoms with Crippen LogP contribution in [-0.4, -0.2) is 19.2 Å². The average molecular weight is 394 g/mol. The largest absolute Gasteiger partial charge is 0.496 e. The summed E-state index contributed by atoms with van der Waals surface area (Å²) in [5.74, 6) is 0.193. The predicted octanol–water partition coefficient (Wildman–Crippen LogP) is 5.13. The van der Waals surface area contributed by atoms with E-state index in [4.69, 9.17) is 4.74 Å². The second-order valence-electron chi connectivity index (χ2n) is 6.89. The summed E-state index contributed by atoms with van der Waals surface area (Å²) in [5.41, 5.74) is 5.47. The van der Waals surface area contributed by atoms with Crippen LogP contribution < -0.4 is 10.2 Å². The van der Waals surface area contributed by atoms with Gasteiger partial charge in [0.25, 0.3) is 5.91 Å². The predicted molar refractivity (Wildman–Crippen MR) is 121 cm³/mol. The first-order valence-corrected chi connectivity index (χ1v) is 9.76. The summed E-state index contributed by atoms with van der Waals surface area (Å²) in [6.07, 6.45) is 1.67. The van der Waals surface area contributed by atoms with Crippen molar-refractivity contribution in [2.75, 3.05) is 7.11 Å². The molecule has 0 saturated heterocycles. The van der Waals surface area contributed by atoms with Crippen molar-refractivity contribution in [3.63, 3.8) is 0 Å². The van der Waals surface area contributed by atoms with E-state index in [1.54, 1.807) is 13.3 Å². The van der Waals surface area contributed by atoms with Crippen LogP contribution in [0, 0.1) is 0 Å². The molecule has 0 heterocycles. The fraction of sp³-hybridized carbons (Fsp3) is 0.0769. The van der Waals surface area contributed by atoms with Gasteiger partial charge in [0, 0.05) is 10.9 Å². The molecular weight excluding hydrogens is 372 g/mol. The molecular formula is C26H22N2O2. The van der Waals surface area contributed by atoms with Gasteiger partial charge >= 0.3 is 0 Å². The number of methoxy groups -OCH3 is 1. The van der Waals surface area contributed by atoms with Crippen LogP contribution in [0.1, 0.15) is 22.6 Å². The Labute approximate surface area is 175 Å². The minimum atomic E-state index is -0.433. The first-order chi connectivity index (χ1) is 14.8. The summed E-state index contributed by atoms with van der Waals surface area (Å²) < 4.78 is 5.44. The smallest absolute Gasteiger partial charge is 0.252 e. The van der Waals surface area contributed by atoms with Gasteiger partial charge in [-0.3, -0.25) is 4.79 Å². The number of hydrogen-bond acceptors (Lipinski definition) is 3. The monoisotopic (exact) mass is 394 g/mol. The fourth-order valence-electron chi connectivity index (χ4n) is 3.60. The Morgan fingerprint density at radius 1 is 0.800 bits per heavy atom. The van der Waals surface area contributed by atoms with Gasteiger partial charge in [-0.1, -0.05) is 84.9 Å². The number of nitrogens with zero attached hydrogens (tertiary/aromatic N) is 1. The van der Waals surface area contributed by atoms with E-state index in [0.29, 0.717) is 0 Å². The van der Waals surface area contributed by atoms with Crippen LogP contribution in [0.2, 0.25) is 0 Å². The zero-order chi connectivity index (χ0) is 20.8. The highest BCUT2D eigenvalue weighted by atomic mass is 16.5. The normalized spacial score (nSPS) is 11.1. The summed E-state index contributed by atoms with van der Waals surface area (Å²) in [5, 5.41) is 6.27. The number of benzene rings is 4. The van der Waals surface area contributed by atoms with E-state index in [1.807, 2.05) is 97.1 Å². The van der Waals surface area contributed by atoms with Crippen molar-refractivity contribution in [2.45, 2.75) is 5.92 Å². The summed E-state index contributed by atoms with van der Waals surface area (Å²) in [6.45, 7) is 0. The van der Waals surface area contributed by atoms with Gasteiger partial charge in [-0.25, -0.2) is 5.43 Å². The number of amides is 1. The Morgan fingerprint density at radius 2 is 1.37 bits per heavy atom. The summed E-state index contributed by atoms with van der Waals surface area (Å²) in [6, 6.07) is 31.2. The molecule has 1 N–H and O–H groups in total. The Bertz CT molecular complexity index is 1130. The van der Waals surface area contributed by atoms with Gasteiger partial charge in [0.05, 0.1) is 19.2 Å². The topological polar surface area (TPSA) is 50.7 Å². The third-order valence-electron chi connectivity index (χ3n) is 5.04. The average Bonchev–Trinajstić information content (AvgIpc) is 2.81. The van der Waals surface area contributed by atoms with Gasteiger partial charge in [0.2, 0.25) is 0 Å². The second-order valence-corrected chi connectivity index (χ2v) is 6.89. The number of ether oxygens (including phenoxy) is 1. The van der Waals surface area contributed by atoms with Gasteiger partial charge in [-0.15, -0.1) is 0 Å². The highest BCUT2D eigenvalue weighted by molar-refractivity contribution is 6.02. The Hall–Kier alpha value is -3.92. The van der Waals surface area contributed by atoms with Gasteiger partial charge < -0.3 is 4.74 Å². The highest BCUT2D eigenvalue weighted by Gasteiger charge is 2.22. The van der Waals surface area contributed by atoms with E-state index in [9.17, 15) is 4.79 Å². The Morgan fingerprint density at radius 3 is 1.97 bits per heavy atom. The first kappa shape index (κ1) is 19.4. The van der Waals surface area contributed by atoms with E-state index in [1.165, 1.54) is 0 Å². The van der Waals surface area contributed by atoms with E-state index in [2.05, 4.69) is 10.5 Å². The van der Waals surface area contributed by atoms with Crippen LogP contribution in [0.4, 0.5) is 0 Å². The second kappa shape index (κ2) is 9.05. The molecule has 0 aliphatic carbocycles. The zero-order valence-corrected chi connectivity index (χ0v) is 16.7. The molecule has 0 atom stereocenters. The Balaban J connectivity index is 1.60. The molecule has 4 rings (SSSR count). The maximum atomic E-state index is 13.1. The molecule has 0 spiro atoms. The van der Waals surface area contributed by atoms with E-state index in [-0.39, 0.29) is 5.91 Å². The molecule has 0 aliphatic rings. The molecule has 0 aliphatic heterocycles. The van der Waals surface area contributed by atoms with Crippen molar-refractivity contribution in [1.82, 2.24) is 5.43 Å². The van der Waals surface area contributed by atoms with Crippen LogP contribution in [-0.2, 0) is 4.79 Å². The number of carbonyl (C=O) groups is 1. The van der Waals surface area contributed by atoms with Crippen LogP contribution in [0.5, 0.6) is 5.75 Å². The van der Waals surface area contributed by atoms with Crippen LogP contribution in [0.3, 0.4) is 0 Å². The van der Waals surface area contributed by atoms with Crippen molar-refractivity contribution in [3.05, 3.63) is 114 Å². The number of fused-ring (bicyclic) bond motifs is 1. The van der Waals surface area contributed by atoms with Crippen LogP contribution >= 0.6 is 0 Å². The van der Waals surface area contributed by atoms with E-state index in [0.717, 1.165) is 33.2 Å². The molecule has 0 unspecified atom stereocenters. The van der Waals surface area contributed by atoms with Crippen LogP contribution in [0.15, 0.2) is 102 Å². The van der Waals surface area contributed by atoms with Gasteiger partial charge in [0.15, 0.2) is 0 Å². The third-order valence-corrected chi connectivity index (χ3v) is 5.04. The molecule has 4 aromatic carbocycles. The molecule has 0 radical (unpaired) electrons. The molecule has 0 bridgehead atoms. The SMILES string of the molecule is COc1ccc(/C=N/NC(=O)C(c2ccccc2)c2ccccc2)c2ccccc12. The van der Waals surface area contributed by atoms with Gasteiger partial charge in [0.1, 0.15) is 5.75 Å². The first-order valence-electron chi connectivity index (χ1n) is 9.76. The lowest BCUT2D eigenvalue weighted by Gasteiger charge is -2.16. The zero-order valence-electron chi connectivity index (χ0n) is 16.7. The molecule has 4 nitrogen and oxygen atoms in total. The summed E-state index contributed by atoms with van der Waals surface area (Å²) in [4.78, 5) is 13.1. The molecule has 1 amide bonds. The number of nitrogens with one attached hydrogen (secondary N) is 1. The van der Waals surface area contributed by atoms with Gasteiger partial charge in [-0.05, 0) is 28.6 Å². The number of hydrogen-bond donors (Lipinski definition) is 1. The minimum Gasteiger partial charge on any atom is -0.496 e. The third kappa shape index (κ3) is 4.08. The highest BCUT2D eigenvalue weighted by Crippen LogP contribution is 2.28. The van der Waals surface area contributed by atoms with E-state index >= 15 is 0 Å². The molecule has 0 fully saturated rings. The molecule has 4 heteroatoms. The maximum Gasteiger partial charge on any atom is 0.252 e. The van der Waals surface area contributed by atoms with E-state index < -0.39 is 5.92 Å². The number of carbonyl (C=O) groups excluding carboxylic acids is 1. The maximum absolute atomic E-state index is 13.1. The lowest BCUT2D eigenvalue weighted by Crippen LogP contribution is -2.26. The Kier molecular flexibility index (Phi) is 5.85. The van der Waals surface area contributed by atoms with Crippen molar-refractivity contribution in [2.24, 2.45) is 5.10 Å². The molecule has 148 valence electrons. The summed E-state index contributed by atoms with van der Waals surface area (Å²) >= 11 is 0. The molecule has 4 aromatic rings. The van der Waals surface area contributed by atoms with Crippen molar-refractivity contribution in [1.29, 1.82) is 0 Å². The molecule has 0 aromatic heterocycles. The quantitative estimate of drug-likeness (QED) is 0.364. The fourth-order valence-corrected chi connectivity index (χ4v) is 3.60. The number of hydrazone groups is 1. The minimum absolute atomic E-state index is 0.179. The standard InChI is InChI=1S/C26H22N2O2/c1-30-24-17-16-21(22-14-8-9-15-23(22)24)18-27-28-26(29)25(19-10-4-2-5-11-19)20-12-6-3-7-13-20/h2-18,25H,1H3,(H,28,29)/b27-18+. The van der Waals surface area contributed by atoms with Crippen LogP contribution in [0.25, 0.3) is 10.8 Å². The lowest BCUT2D eigenvalue weighted by molar-refractivity contribution is -0.121. The van der Waals surface area contributed by atoms with Crippen molar-refractivity contribution >= 4 is 22.9 Å². The number of rotatable bonds is 6. The summed E-state index contributed by atoms with van der Waals surface area (Å²) in [7, 11) is 1.66. The molecule has 30 heavy (non-hydrogen) atoms. The van der Waals surface area contributed by atoms with Crippen molar-refractivity contribution < 1.29 is 9.53 Å².